The van der Waals surface area contributed by atoms with Gasteiger partial charge in [0.1, 0.15) is 11.9 Å². The molecular weight excluding hydrogens is 415 g/mol. The van der Waals surface area contributed by atoms with Gasteiger partial charge in [-0.05, 0) is 87.1 Å². The minimum Gasteiger partial charge on any atom is -0.349 e. The topological polar surface area (TPSA) is 75.2 Å². The lowest BCUT2D eigenvalue weighted by atomic mass is 9.99. The number of halogens is 1. The molecule has 1 atom stereocenters. The fourth-order valence-corrected chi connectivity index (χ4v) is 3.79. The van der Waals surface area contributed by atoms with Crippen molar-refractivity contribution in [1.82, 2.24) is 14.9 Å². The molecule has 0 aliphatic carbocycles. The molecule has 0 aliphatic heterocycles. The Balaban J connectivity index is 2.21. The highest BCUT2D eigenvalue weighted by Crippen LogP contribution is 2.31. The zero-order valence-corrected chi connectivity index (χ0v) is 19.0. The molecule has 162 valence electrons. The van der Waals surface area contributed by atoms with E-state index in [1.165, 1.54) is 29.2 Å². The van der Waals surface area contributed by atoms with Crippen molar-refractivity contribution >= 4 is 29.0 Å². The van der Waals surface area contributed by atoms with E-state index in [4.69, 9.17) is 0 Å². The predicted molar refractivity (Wildman–Crippen MR) is 120 cm³/mol. The smallest absolute Gasteiger partial charge is 0.280 e. The third-order valence-corrected chi connectivity index (χ3v) is 4.98. The highest BCUT2D eigenvalue weighted by atomic mass is 32.1. The Morgan fingerprint density at radius 2 is 1.68 bits per heavy atom. The molecule has 0 fully saturated rings. The number of benzene rings is 2. The molecule has 3 aromatic rings. The molecule has 1 N–H and O–H groups in total. The molecule has 31 heavy (non-hydrogen) atoms. The minimum atomic E-state index is -1.03. The van der Waals surface area contributed by atoms with Gasteiger partial charge in [0.2, 0.25) is 5.91 Å². The number of anilines is 1. The Kier molecular flexibility index (Phi) is 6.50. The summed E-state index contributed by atoms with van der Waals surface area (Å²) in [5.74, 6) is -1.27. The second-order valence-electron chi connectivity index (χ2n) is 8.50. The van der Waals surface area contributed by atoms with Crippen LogP contribution in [0.15, 0.2) is 47.8 Å². The molecule has 2 amide bonds. The minimum absolute atomic E-state index is 0.139. The molecule has 0 aliphatic rings. The molecule has 1 aromatic heterocycles. The Labute approximate surface area is 185 Å². The quantitative estimate of drug-likeness (QED) is 0.629. The van der Waals surface area contributed by atoms with Crippen LogP contribution in [-0.4, -0.2) is 26.9 Å². The number of hydrogen-bond donors (Lipinski definition) is 1. The van der Waals surface area contributed by atoms with E-state index in [2.05, 4.69) is 14.9 Å². The number of hydrogen-bond acceptors (Lipinski definition) is 5. The summed E-state index contributed by atoms with van der Waals surface area (Å²) in [6, 6.07) is 10.2. The van der Waals surface area contributed by atoms with Crippen molar-refractivity contribution in [1.29, 1.82) is 0 Å². The van der Waals surface area contributed by atoms with Gasteiger partial charge in [-0.25, -0.2) is 4.39 Å². The van der Waals surface area contributed by atoms with Crippen LogP contribution in [0.5, 0.6) is 0 Å². The lowest BCUT2D eigenvalue weighted by Crippen LogP contribution is -2.49. The van der Waals surface area contributed by atoms with E-state index in [1.807, 2.05) is 52.8 Å². The summed E-state index contributed by atoms with van der Waals surface area (Å²) in [7, 11) is 0. The summed E-state index contributed by atoms with van der Waals surface area (Å²) in [6.07, 6.45) is 0. The van der Waals surface area contributed by atoms with Crippen LogP contribution >= 0.6 is 11.5 Å². The molecule has 6 nitrogen and oxygen atoms in total. The lowest BCUT2D eigenvalue weighted by Gasteiger charge is -2.33. The van der Waals surface area contributed by atoms with Gasteiger partial charge in [0.25, 0.3) is 5.91 Å². The zero-order valence-electron chi connectivity index (χ0n) is 18.1. The molecule has 0 spiro atoms. The van der Waals surface area contributed by atoms with Crippen LogP contribution in [0.3, 0.4) is 0 Å². The van der Waals surface area contributed by atoms with Crippen LogP contribution in [0.4, 0.5) is 10.1 Å². The third kappa shape index (κ3) is 5.52. The summed E-state index contributed by atoms with van der Waals surface area (Å²) >= 11 is 1.06. The third-order valence-electron chi connectivity index (χ3n) is 4.47. The van der Waals surface area contributed by atoms with Gasteiger partial charge in [-0.15, -0.1) is 5.10 Å². The first-order chi connectivity index (χ1) is 14.5. The number of carbonyl (C=O) groups excluding carboxylic acids is 2. The monoisotopic (exact) mass is 440 g/mol. The highest BCUT2D eigenvalue weighted by molar-refractivity contribution is 7.03. The van der Waals surface area contributed by atoms with Crippen LogP contribution < -0.4 is 10.2 Å². The van der Waals surface area contributed by atoms with Crippen molar-refractivity contribution < 1.29 is 14.0 Å². The van der Waals surface area contributed by atoms with Crippen LogP contribution in [0, 0.1) is 19.7 Å². The summed E-state index contributed by atoms with van der Waals surface area (Å²) in [4.78, 5) is 28.4. The van der Waals surface area contributed by atoms with Crippen molar-refractivity contribution in [3.63, 3.8) is 0 Å². The molecule has 1 heterocycles. The zero-order chi connectivity index (χ0) is 22.8. The Hall–Kier alpha value is -3.13. The maximum absolute atomic E-state index is 13.6. The fourth-order valence-electron chi connectivity index (χ4n) is 3.36. The maximum Gasteiger partial charge on any atom is 0.280 e. The summed E-state index contributed by atoms with van der Waals surface area (Å²) in [6.45, 7) is 9.43. The number of aromatic nitrogens is 2. The first kappa shape index (κ1) is 22.6. The molecular formula is C23H25FN4O2S. The average molecular weight is 441 g/mol. The van der Waals surface area contributed by atoms with E-state index < -0.39 is 23.3 Å². The van der Waals surface area contributed by atoms with Gasteiger partial charge < -0.3 is 5.32 Å². The van der Waals surface area contributed by atoms with Crippen LogP contribution in [0.1, 0.15) is 54.0 Å². The van der Waals surface area contributed by atoms with Crippen molar-refractivity contribution in [3.8, 4) is 0 Å². The van der Waals surface area contributed by atoms with Crippen LogP contribution in [0.25, 0.3) is 0 Å². The number of carbonyl (C=O) groups is 2. The van der Waals surface area contributed by atoms with Gasteiger partial charge in [-0.1, -0.05) is 22.7 Å². The van der Waals surface area contributed by atoms with E-state index in [-0.39, 0.29) is 11.6 Å². The summed E-state index contributed by atoms with van der Waals surface area (Å²) in [5.41, 5.74) is 2.53. The standard InChI is InChI=1S/C23H25FN4O2S/c1-14-10-15(2)12-18(11-14)28(22(30)19-13-31-27-26-19)20(21(29)25-23(3,4)5)16-6-8-17(24)9-7-16/h6-13,20H,1-5H3,(H,25,29)/t20-/m0/s1. The molecule has 0 radical (unpaired) electrons. The second-order valence-corrected chi connectivity index (χ2v) is 9.11. The number of aryl methyl sites for hydroxylation is 2. The first-order valence-corrected chi connectivity index (χ1v) is 10.7. The van der Waals surface area contributed by atoms with E-state index in [9.17, 15) is 14.0 Å². The Bertz CT molecular complexity index is 1060. The number of rotatable bonds is 5. The van der Waals surface area contributed by atoms with Crippen molar-refractivity contribution in [2.75, 3.05) is 4.90 Å². The van der Waals surface area contributed by atoms with Crippen molar-refractivity contribution in [2.45, 2.75) is 46.2 Å². The van der Waals surface area contributed by atoms with Gasteiger partial charge in [0.15, 0.2) is 5.69 Å². The first-order valence-electron chi connectivity index (χ1n) is 9.81. The van der Waals surface area contributed by atoms with Crippen molar-refractivity contribution in [3.05, 3.63) is 76.0 Å². The molecule has 0 bridgehead atoms. The van der Waals surface area contributed by atoms with E-state index in [0.29, 0.717) is 11.3 Å². The highest BCUT2D eigenvalue weighted by Gasteiger charge is 2.36. The lowest BCUT2D eigenvalue weighted by molar-refractivity contribution is -0.123. The maximum atomic E-state index is 13.6. The van der Waals surface area contributed by atoms with Crippen molar-refractivity contribution in [2.24, 2.45) is 0 Å². The Morgan fingerprint density at radius 1 is 1.06 bits per heavy atom. The van der Waals surface area contributed by atoms with Crippen LogP contribution in [0.2, 0.25) is 0 Å². The van der Waals surface area contributed by atoms with E-state index >= 15 is 0 Å². The molecule has 0 saturated carbocycles. The normalized spacial score (nSPS) is 12.3. The number of nitrogens with one attached hydrogen (secondary N) is 1. The molecule has 8 heteroatoms. The molecule has 0 saturated heterocycles. The summed E-state index contributed by atoms with van der Waals surface area (Å²) in [5, 5.41) is 8.41. The predicted octanol–water partition coefficient (Wildman–Crippen LogP) is 4.60. The SMILES string of the molecule is Cc1cc(C)cc(N(C(=O)c2csnn2)[C@H](C(=O)NC(C)(C)C)c2ccc(F)cc2)c1. The molecule has 3 rings (SSSR count). The van der Waals surface area contributed by atoms with E-state index in [1.54, 1.807) is 5.38 Å². The number of amides is 2. The molecule has 0 unspecified atom stereocenters. The molecule has 2 aromatic carbocycles. The summed E-state index contributed by atoms with van der Waals surface area (Å²) < 4.78 is 17.4. The van der Waals surface area contributed by atoms with Crippen LogP contribution in [-0.2, 0) is 4.79 Å². The average Bonchev–Trinajstić information content (AvgIpc) is 3.19. The van der Waals surface area contributed by atoms with E-state index in [0.717, 1.165) is 22.7 Å². The van der Waals surface area contributed by atoms with Gasteiger partial charge in [-0.3, -0.25) is 14.5 Å². The van der Waals surface area contributed by atoms with Gasteiger partial charge in [-0.2, -0.15) is 0 Å². The Morgan fingerprint density at radius 3 is 2.19 bits per heavy atom. The number of nitrogens with zero attached hydrogens (tertiary/aromatic N) is 3. The van der Waals surface area contributed by atoms with Gasteiger partial charge in [0.05, 0.1) is 0 Å². The van der Waals surface area contributed by atoms with Gasteiger partial charge in [0, 0.05) is 16.6 Å². The van der Waals surface area contributed by atoms with Gasteiger partial charge >= 0.3 is 0 Å². The largest absolute Gasteiger partial charge is 0.349 e. The fraction of sp³-hybridized carbons (Fsp3) is 0.304. The second kappa shape index (κ2) is 8.93.